The fourth-order valence-corrected chi connectivity index (χ4v) is 4.44. The van der Waals surface area contributed by atoms with Crippen LogP contribution in [0.3, 0.4) is 0 Å². The summed E-state index contributed by atoms with van der Waals surface area (Å²) < 4.78 is 26.1. The van der Waals surface area contributed by atoms with Crippen molar-refractivity contribution in [3.8, 4) is 11.5 Å². The predicted octanol–water partition coefficient (Wildman–Crippen LogP) is 4.52. The van der Waals surface area contributed by atoms with Gasteiger partial charge in [-0.2, -0.15) is 0 Å². The Balaban J connectivity index is 1.76. The van der Waals surface area contributed by atoms with Crippen molar-refractivity contribution in [2.45, 2.75) is 39.4 Å². The van der Waals surface area contributed by atoms with Gasteiger partial charge in [0.05, 0.1) is 19.7 Å². The van der Waals surface area contributed by atoms with E-state index in [1.807, 2.05) is 24.3 Å². The summed E-state index contributed by atoms with van der Waals surface area (Å²) in [5.41, 5.74) is 2.56. The zero-order valence-corrected chi connectivity index (χ0v) is 23.1. The molecule has 10 heteroatoms. The number of carbonyl (C=O) groups excluding carboxylic acids is 2. The summed E-state index contributed by atoms with van der Waals surface area (Å²) in [4.78, 5) is 29.3. The van der Waals surface area contributed by atoms with Crippen LogP contribution in [0.4, 0.5) is 4.39 Å². The predicted molar refractivity (Wildman–Crippen MR) is 149 cm³/mol. The average molecular weight is 548 g/mol. The van der Waals surface area contributed by atoms with E-state index in [0.29, 0.717) is 46.1 Å². The number of hydrogen-bond donors (Lipinski definition) is 1. The van der Waals surface area contributed by atoms with Gasteiger partial charge < -0.3 is 19.7 Å². The lowest BCUT2D eigenvalue weighted by Gasteiger charge is -2.32. The summed E-state index contributed by atoms with van der Waals surface area (Å²) in [6.07, 6.45) is 0.779. The van der Waals surface area contributed by atoms with E-state index in [9.17, 15) is 14.0 Å². The molecule has 2 amide bonds. The van der Waals surface area contributed by atoms with Crippen molar-refractivity contribution in [3.05, 3.63) is 83.7 Å². The molecular formula is C30H34FN5O4. The molecule has 1 aromatic heterocycles. The zero-order valence-electron chi connectivity index (χ0n) is 23.1. The highest BCUT2D eigenvalue weighted by Crippen LogP contribution is 2.33. The van der Waals surface area contributed by atoms with E-state index in [1.54, 1.807) is 30.3 Å². The van der Waals surface area contributed by atoms with E-state index < -0.39 is 11.9 Å². The number of carbonyl (C=O) groups is 2. The number of aromatic nitrogens is 3. The minimum atomic E-state index is -1.01. The number of methoxy groups -OCH3 is 2. The zero-order chi connectivity index (χ0) is 28.6. The van der Waals surface area contributed by atoms with Crippen molar-refractivity contribution >= 4 is 22.8 Å². The van der Waals surface area contributed by atoms with Gasteiger partial charge in [-0.1, -0.05) is 49.4 Å². The number of ether oxygens (including phenoxy) is 2. The van der Waals surface area contributed by atoms with Crippen LogP contribution in [0.2, 0.25) is 0 Å². The molecule has 4 aromatic rings. The van der Waals surface area contributed by atoms with Crippen LogP contribution in [-0.2, 0) is 22.7 Å². The maximum atomic E-state index is 14.0. The minimum absolute atomic E-state index is 0.0579. The Bertz CT molecular complexity index is 1450. The summed E-state index contributed by atoms with van der Waals surface area (Å²) >= 11 is 0. The summed E-state index contributed by atoms with van der Waals surface area (Å²) in [5.74, 6) is 0.216. The van der Waals surface area contributed by atoms with Gasteiger partial charge in [0, 0.05) is 13.1 Å². The summed E-state index contributed by atoms with van der Waals surface area (Å²) in [7, 11) is 3.04. The molecule has 0 saturated heterocycles. The van der Waals surface area contributed by atoms with Crippen LogP contribution in [0.5, 0.6) is 11.5 Å². The molecule has 0 aliphatic carbocycles. The van der Waals surface area contributed by atoms with Gasteiger partial charge in [0.25, 0.3) is 0 Å². The number of hydrogen-bond acceptors (Lipinski definition) is 6. The second-order valence-corrected chi connectivity index (χ2v) is 9.87. The van der Waals surface area contributed by atoms with Gasteiger partial charge in [-0.3, -0.25) is 9.59 Å². The lowest BCUT2D eigenvalue weighted by atomic mass is 10.0. The van der Waals surface area contributed by atoms with Gasteiger partial charge >= 0.3 is 0 Å². The lowest BCUT2D eigenvalue weighted by molar-refractivity contribution is -0.142. The topological polar surface area (TPSA) is 98.6 Å². The van der Waals surface area contributed by atoms with Gasteiger partial charge in [0.15, 0.2) is 11.5 Å². The van der Waals surface area contributed by atoms with E-state index in [1.165, 1.54) is 35.9 Å². The quantitative estimate of drug-likeness (QED) is 0.280. The van der Waals surface area contributed by atoms with Crippen molar-refractivity contribution in [2.24, 2.45) is 5.92 Å². The molecule has 3 aromatic carbocycles. The first-order chi connectivity index (χ1) is 19.3. The first-order valence-corrected chi connectivity index (χ1v) is 13.1. The fourth-order valence-electron chi connectivity index (χ4n) is 4.44. The highest BCUT2D eigenvalue weighted by molar-refractivity contribution is 5.89. The van der Waals surface area contributed by atoms with Gasteiger partial charge in [-0.25, -0.2) is 9.07 Å². The number of para-hydroxylation sites is 1. The molecule has 0 fully saturated rings. The normalized spacial score (nSPS) is 11.8. The number of benzene rings is 3. The molecule has 0 radical (unpaired) electrons. The van der Waals surface area contributed by atoms with Crippen LogP contribution in [-0.4, -0.2) is 52.5 Å². The van der Waals surface area contributed by atoms with E-state index in [2.05, 4.69) is 29.5 Å². The Morgan fingerprint density at radius 3 is 2.42 bits per heavy atom. The largest absolute Gasteiger partial charge is 0.493 e. The standard InChI is InChI=1S/C30H34FN5O4/c1-20(2)15-16-32-30(38)29(22-11-14-26(39-3)27(17-22)40-4)35(18-21-9-12-23(31)13-10-21)28(37)19-36-25-8-6-5-7-24(25)33-34-36/h5-14,17,20,29H,15-16,18-19H2,1-4H3,(H,32,38)/t29-/m0/s1. The molecule has 1 atom stereocenters. The number of amides is 2. The van der Waals surface area contributed by atoms with Gasteiger partial charge in [-0.15, -0.1) is 5.10 Å². The maximum Gasteiger partial charge on any atom is 0.247 e. The second-order valence-electron chi connectivity index (χ2n) is 9.87. The van der Waals surface area contributed by atoms with E-state index in [4.69, 9.17) is 9.47 Å². The minimum Gasteiger partial charge on any atom is -0.493 e. The Morgan fingerprint density at radius 2 is 1.73 bits per heavy atom. The van der Waals surface area contributed by atoms with Crippen LogP contribution in [0.15, 0.2) is 66.7 Å². The first kappa shape index (κ1) is 28.5. The number of halogens is 1. The number of nitrogens with one attached hydrogen (secondary N) is 1. The first-order valence-electron chi connectivity index (χ1n) is 13.1. The number of nitrogens with zero attached hydrogens (tertiary/aromatic N) is 4. The molecule has 1 N–H and O–H groups in total. The van der Waals surface area contributed by atoms with Crippen LogP contribution < -0.4 is 14.8 Å². The third kappa shape index (κ3) is 6.74. The van der Waals surface area contributed by atoms with Gasteiger partial charge in [0.1, 0.15) is 23.9 Å². The van der Waals surface area contributed by atoms with Crippen molar-refractivity contribution in [1.82, 2.24) is 25.2 Å². The van der Waals surface area contributed by atoms with Crippen molar-refractivity contribution in [1.29, 1.82) is 0 Å². The Morgan fingerprint density at radius 1 is 1.00 bits per heavy atom. The monoisotopic (exact) mass is 547 g/mol. The Hall–Kier alpha value is -4.47. The molecule has 40 heavy (non-hydrogen) atoms. The SMILES string of the molecule is COc1ccc([C@@H](C(=O)NCCC(C)C)N(Cc2ccc(F)cc2)C(=O)Cn2nnc3ccccc32)cc1OC. The molecule has 1 heterocycles. The smallest absolute Gasteiger partial charge is 0.247 e. The fraction of sp³-hybridized carbons (Fsp3) is 0.333. The van der Waals surface area contributed by atoms with Crippen molar-refractivity contribution < 1.29 is 23.5 Å². The van der Waals surface area contributed by atoms with Crippen molar-refractivity contribution in [2.75, 3.05) is 20.8 Å². The third-order valence-electron chi connectivity index (χ3n) is 6.60. The molecule has 0 aliphatic rings. The second kappa shape index (κ2) is 13.1. The average Bonchev–Trinajstić information content (AvgIpc) is 3.36. The van der Waals surface area contributed by atoms with E-state index >= 15 is 0 Å². The van der Waals surface area contributed by atoms with Crippen molar-refractivity contribution in [3.63, 3.8) is 0 Å². The number of fused-ring (bicyclic) bond motifs is 1. The number of rotatable bonds is 12. The summed E-state index contributed by atoms with van der Waals surface area (Å²) in [6.45, 7) is 4.51. The molecule has 0 unspecified atom stereocenters. The lowest BCUT2D eigenvalue weighted by Crippen LogP contribution is -2.45. The van der Waals surface area contributed by atoms with Gasteiger partial charge in [-0.05, 0) is 59.9 Å². The van der Waals surface area contributed by atoms with Crippen LogP contribution in [0, 0.1) is 11.7 Å². The molecular weight excluding hydrogens is 513 g/mol. The molecule has 0 spiro atoms. The summed E-state index contributed by atoms with van der Waals surface area (Å²) in [6, 6.07) is 17.3. The highest BCUT2D eigenvalue weighted by Gasteiger charge is 2.33. The Kier molecular flexibility index (Phi) is 9.31. The highest BCUT2D eigenvalue weighted by atomic mass is 19.1. The Labute approximate surface area is 232 Å². The maximum absolute atomic E-state index is 14.0. The van der Waals surface area contributed by atoms with Crippen LogP contribution in [0.25, 0.3) is 11.0 Å². The van der Waals surface area contributed by atoms with E-state index in [-0.39, 0.29) is 24.9 Å². The summed E-state index contributed by atoms with van der Waals surface area (Å²) in [5, 5.41) is 11.3. The molecule has 0 saturated carbocycles. The van der Waals surface area contributed by atoms with Gasteiger partial charge in [0.2, 0.25) is 11.8 Å². The van der Waals surface area contributed by atoms with E-state index in [0.717, 1.165) is 6.42 Å². The molecule has 210 valence electrons. The molecule has 0 aliphatic heterocycles. The van der Waals surface area contributed by atoms with Crippen LogP contribution in [0.1, 0.15) is 37.4 Å². The molecule has 4 rings (SSSR count). The molecule has 9 nitrogen and oxygen atoms in total. The third-order valence-corrected chi connectivity index (χ3v) is 6.60. The van der Waals surface area contributed by atoms with Crippen LogP contribution >= 0.6 is 0 Å². The molecule has 0 bridgehead atoms.